The summed E-state index contributed by atoms with van der Waals surface area (Å²) in [5.41, 5.74) is 5.30. The molecule has 1 fully saturated rings. The summed E-state index contributed by atoms with van der Waals surface area (Å²) in [7, 11) is 0. The fourth-order valence-corrected chi connectivity index (χ4v) is 4.78. The number of aliphatic carboxylic acids is 1. The molecule has 0 saturated heterocycles. The molecule has 0 bridgehead atoms. The van der Waals surface area contributed by atoms with E-state index in [2.05, 4.69) is 29.6 Å². The zero-order valence-electron chi connectivity index (χ0n) is 17.0. The highest BCUT2D eigenvalue weighted by molar-refractivity contribution is 5.86. The van der Waals surface area contributed by atoms with Crippen LogP contribution >= 0.6 is 0 Å². The molecule has 0 spiro atoms. The van der Waals surface area contributed by atoms with Crippen LogP contribution in [0.25, 0.3) is 11.1 Å². The minimum absolute atomic E-state index is 0.00886. The molecule has 2 N–H and O–H groups in total. The van der Waals surface area contributed by atoms with Crippen molar-refractivity contribution in [2.24, 2.45) is 0 Å². The Bertz CT molecular complexity index is 1100. The molecule has 5 nitrogen and oxygen atoms in total. The average Bonchev–Trinajstić information content (AvgIpc) is 3.06. The number of benzene rings is 3. The summed E-state index contributed by atoms with van der Waals surface area (Å²) in [6.45, 7) is 0.250. The van der Waals surface area contributed by atoms with Crippen LogP contribution < -0.4 is 5.32 Å². The van der Waals surface area contributed by atoms with Crippen molar-refractivity contribution in [3.63, 3.8) is 0 Å². The number of ether oxygens (including phenoxy) is 1. The Kier molecular flexibility index (Phi) is 4.74. The third-order valence-corrected chi connectivity index (χ3v) is 6.64. The van der Waals surface area contributed by atoms with Crippen LogP contribution in [0.5, 0.6) is 0 Å². The van der Waals surface area contributed by atoms with Gasteiger partial charge in [0.15, 0.2) is 0 Å². The molecule has 156 valence electrons. The van der Waals surface area contributed by atoms with Crippen LogP contribution in [-0.4, -0.2) is 23.8 Å². The van der Waals surface area contributed by atoms with Crippen molar-refractivity contribution in [3.05, 3.63) is 89.5 Å². The van der Waals surface area contributed by atoms with Gasteiger partial charge in [-0.25, -0.2) is 4.79 Å². The zero-order valence-corrected chi connectivity index (χ0v) is 17.0. The molecule has 3 aromatic rings. The molecule has 0 aliphatic heterocycles. The first-order valence-corrected chi connectivity index (χ1v) is 10.5. The quantitative estimate of drug-likeness (QED) is 0.575. The lowest BCUT2D eigenvalue weighted by atomic mass is 9.64. The van der Waals surface area contributed by atoms with E-state index in [1.807, 2.05) is 24.3 Å². The second-order valence-electron chi connectivity index (χ2n) is 8.27. The molecule has 1 amide bonds. The van der Waals surface area contributed by atoms with Crippen molar-refractivity contribution >= 4 is 17.7 Å². The summed E-state index contributed by atoms with van der Waals surface area (Å²) in [5, 5.41) is 12.3. The van der Waals surface area contributed by atoms with Gasteiger partial charge >= 0.3 is 12.1 Å². The summed E-state index contributed by atoms with van der Waals surface area (Å²) in [6, 6.07) is 23.5. The monoisotopic (exact) mass is 413 g/mol. The van der Waals surface area contributed by atoms with E-state index in [4.69, 9.17) is 4.74 Å². The largest absolute Gasteiger partial charge is 0.481 e. The van der Waals surface area contributed by atoms with Crippen molar-refractivity contribution in [1.82, 2.24) is 0 Å². The van der Waals surface area contributed by atoms with Gasteiger partial charge in [-0.3, -0.25) is 10.1 Å². The third-order valence-electron chi connectivity index (χ3n) is 6.64. The van der Waals surface area contributed by atoms with Crippen molar-refractivity contribution in [2.45, 2.75) is 30.6 Å². The lowest BCUT2D eigenvalue weighted by Crippen LogP contribution is -2.42. The highest BCUT2D eigenvalue weighted by Crippen LogP contribution is 2.45. The smallest absolute Gasteiger partial charge is 0.411 e. The van der Waals surface area contributed by atoms with Gasteiger partial charge in [-0.15, -0.1) is 0 Å². The highest BCUT2D eigenvalue weighted by Gasteiger charge is 2.45. The fourth-order valence-electron chi connectivity index (χ4n) is 4.78. The van der Waals surface area contributed by atoms with Crippen molar-refractivity contribution in [3.8, 4) is 11.1 Å². The molecule has 0 unspecified atom stereocenters. The first-order chi connectivity index (χ1) is 15.1. The van der Waals surface area contributed by atoms with Gasteiger partial charge in [0.05, 0.1) is 5.41 Å². The van der Waals surface area contributed by atoms with Gasteiger partial charge in [0, 0.05) is 11.6 Å². The Morgan fingerprint density at radius 2 is 1.48 bits per heavy atom. The Morgan fingerprint density at radius 1 is 0.903 bits per heavy atom. The minimum atomic E-state index is -0.781. The topological polar surface area (TPSA) is 75.6 Å². The van der Waals surface area contributed by atoms with E-state index >= 15 is 0 Å². The van der Waals surface area contributed by atoms with Gasteiger partial charge < -0.3 is 9.84 Å². The Balaban J connectivity index is 1.25. The van der Waals surface area contributed by atoms with E-state index in [0.29, 0.717) is 18.5 Å². The fraction of sp³-hybridized carbons (Fsp3) is 0.231. The Labute approximate surface area is 180 Å². The van der Waals surface area contributed by atoms with Gasteiger partial charge in [0.1, 0.15) is 6.61 Å². The molecule has 1 saturated carbocycles. The zero-order chi connectivity index (χ0) is 21.4. The summed E-state index contributed by atoms with van der Waals surface area (Å²) < 4.78 is 5.57. The normalized spacial score (nSPS) is 16.0. The standard InChI is InChI=1S/C26H23NO4/c28-24(29)26(14-5-15-26)17-10-12-18(13-11-17)27-25(30)31-16-23-21-8-3-1-6-19(21)20-7-2-4-9-22(20)23/h1-4,6-13,23H,5,14-16H2,(H,27,30)(H,28,29). The third kappa shape index (κ3) is 3.26. The van der Waals surface area contributed by atoms with Gasteiger partial charge in [-0.2, -0.15) is 0 Å². The number of hydrogen-bond acceptors (Lipinski definition) is 3. The highest BCUT2D eigenvalue weighted by atomic mass is 16.5. The first kappa shape index (κ1) is 19.4. The van der Waals surface area contributed by atoms with Crippen LogP contribution in [0.1, 0.15) is 41.9 Å². The molecule has 2 aliphatic carbocycles. The molecule has 0 aromatic heterocycles. The Morgan fingerprint density at radius 3 is 2.00 bits per heavy atom. The molecule has 0 radical (unpaired) electrons. The van der Waals surface area contributed by atoms with E-state index < -0.39 is 17.5 Å². The lowest BCUT2D eigenvalue weighted by molar-refractivity contribution is -0.147. The van der Waals surface area contributed by atoms with Gasteiger partial charge in [-0.05, 0) is 52.8 Å². The number of hydrogen-bond donors (Lipinski definition) is 2. The molecule has 2 aliphatic rings. The summed E-state index contributed by atoms with van der Waals surface area (Å²) in [4.78, 5) is 24.1. The van der Waals surface area contributed by atoms with E-state index in [-0.39, 0.29) is 12.5 Å². The SMILES string of the molecule is O=C(Nc1ccc(C2(C(=O)O)CCC2)cc1)OCC1c2ccccc2-c2ccccc21. The van der Waals surface area contributed by atoms with Crippen LogP contribution in [0.15, 0.2) is 72.8 Å². The van der Waals surface area contributed by atoms with Gasteiger partial charge in [-0.1, -0.05) is 67.1 Å². The molecular formula is C26H23NO4. The minimum Gasteiger partial charge on any atom is -0.481 e. The van der Waals surface area contributed by atoms with Crippen molar-refractivity contribution in [1.29, 1.82) is 0 Å². The van der Waals surface area contributed by atoms with Gasteiger partial charge in [0.2, 0.25) is 0 Å². The second-order valence-corrected chi connectivity index (χ2v) is 8.27. The molecular weight excluding hydrogens is 390 g/mol. The summed E-state index contributed by atoms with van der Waals surface area (Å²) in [6.07, 6.45) is 1.71. The number of fused-ring (bicyclic) bond motifs is 3. The number of carbonyl (C=O) groups is 2. The number of anilines is 1. The molecule has 0 atom stereocenters. The first-order valence-electron chi connectivity index (χ1n) is 10.5. The lowest BCUT2D eigenvalue weighted by Gasteiger charge is -2.38. The number of amides is 1. The van der Waals surface area contributed by atoms with E-state index in [0.717, 1.165) is 12.0 Å². The molecule has 0 heterocycles. The Hall–Kier alpha value is -3.60. The average molecular weight is 413 g/mol. The number of carboxylic acid groups (broad SMARTS) is 1. The van der Waals surface area contributed by atoms with Crippen LogP contribution in [0, 0.1) is 0 Å². The van der Waals surface area contributed by atoms with E-state index in [9.17, 15) is 14.7 Å². The van der Waals surface area contributed by atoms with Crippen LogP contribution in [0.4, 0.5) is 10.5 Å². The van der Waals surface area contributed by atoms with Crippen LogP contribution in [0.2, 0.25) is 0 Å². The maximum Gasteiger partial charge on any atom is 0.411 e. The predicted octanol–water partition coefficient (Wildman–Crippen LogP) is 5.55. The molecule has 3 aromatic carbocycles. The van der Waals surface area contributed by atoms with Crippen molar-refractivity contribution in [2.75, 3.05) is 11.9 Å². The summed E-state index contributed by atoms with van der Waals surface area (Å²) >= 11 is 0. The van der Waals surface area contributed by atoms with Crippen molar-refractivity contribution < 1.29 is 19.4 Å². The summed E-state index contributed by atoms with van der Waals surface area (Å²) in [5.74, 6) is -0.773. The maximum atomic E-state index is 12.4. The number of carboxylic acids is 1. The molecule has 5 rings (SSSR count). The van der Waals surface area contributed by atoms with E-state index in [1.165, 1.54) is 22.3 Å². The predicted molar refractivity (Wildman–Crippen MR) is 118 cm³/mol. The van der Waals surface area contributed by atoms with Gasteiger partial charge in [0.25, 0.3) is 0 Å². The maximum absolute atomic E-state index is 12.4. The van der Waals surface area contributed by atoms with Crippen LogP contribution in [0.3, 0.4) is 0 Å². The van der Waals surface area contributed by atoms with E-state index in [1.54, 1.807) is 24.3 Å². The van der Waals surface area contributed by atoms with Crippen LogP contribution in [-0.2, 0) is 14.9 Å². The second kappa shape index (κ2) is 7.58. The molecule has 5 heteroatoms. The molecule has 31 heavy (non-hydrogen) atoms. The number of rotatable bonds is 5. The number of carbonyl (C=O) groups excluding carboxylic acids is 1. The number of nitrogens with one attached hydrogen (secondary N) is 1.